The molecule has 1 aliphatic rings. The second-order valence-corrected chi connectivity index (χ2v) is 5.02. The maximum Gasteiger partial charge on any atom is 0.0518 e. The van der Waals surface area contributed by atoms with E-state index >= 15 is 0 Å². The summed E-state index contributed by atoms with van der Waals surface area (Å²) in [5.41, 5.74) is -0.373. The summed E-state index contributed by atoms with van der Waals surface area (Å²) in [6.07, 6.45) is 3.83. The van der Waals surface area contributed by atoms with Crippen LogP contribution in [-0.4, -0.2) is 36.0 Å². The molecule has 14 heavy (non-hydrogen) atoms. The van der Waals surface area contributed by atoms with Crippen molar-refractivity contribution < 1.29 is 10.2 Å². The SMILES string of the molecule is CC1CCCC1NCC(C)(CO)CO. The Morgan fingerprint density at radius 3 is 2.36 bits per heavy atom. The molecule has 84 valence electrons. The lowest BCUT2D eigenvalue weighted by molar-refractivity contribution is 0.0662. The summed E-state index contributed by atoms with van der Waals surface area (Å²) < 4.78 is 0. The van der Waals surface area contributed by atoms with Gasteiger partial charge in [-0.05, 0) is 18.8 Å². The van der Waals surface area contributed by atoms with Crippen molar-refractivity contribution in [3.05, 3.63) is 0 Å². The van der Waals surface area contributed by atoms with Crippen LogP contribution in [0.4, 0.5) is 0 Å². The maximum absolute atomic E-state index is 9.13. The van der Waals surface area contributed by atoms with E-state index < -0.39 is 0 Å². The molecule has 0 radical (unpaired) electrons. The molecule has 0 heterocycles. The highest BCUT2D eigenvalue weighted by Crippen LogP contribution is 2.25. The third-order valence-corrected chi connectivity index (χ3v) is 3.42. The Labute approximate surface area is 86.5 Å². The Morgan fingerprint density at radius 1 is 1.29 bits per heavy atom. The average Bonchev–Trinajstić information content (AvgIpc) is 2.61. The van der Waals surface area contributed by atoms with Gasteiger partial charge in [0.15, 0.2) is 0 Å². The zero-order chi connectivity index (χ0) is 10.6. The molecule has 3 N–H and O–H groups in total. The van der Waals surface area contributed by atoms with Crippen molar-refractivity contribution in [1.29, 1.82) is 0 Å². The molecular weight excluding hydrogens is 178 g/mol. The molecule has 1 rings (SSSR count). The Bertz CT molecular complexity index is 169. The minimum absolute atomic E-state index is 0.0393. The van der Waals surface area contributed by atoms with Crippen molar-refractivity contribution in [2.75, 3.05) is 19.8 Å². The van der Waals surface area contributed by atoms with Crippen molar-refractivity contribution in [1.82, 2.24) is 5.32 Å². The fourth-order valence-electron chi connectivity index (χ4n) is 1.99. The fraction of sp³-hybridized carbons (Fsp3) is 1.00. The third kappa shape index (κ3) is 2.94. The van der Waals surface area contributed by atoms with Crippen LogP contribution in [0.1, 0.15) is 33.1 Å². The van der Waals surface area contributed by atoms with Crippen molar-refractivity contribution in [3.63, 3.8) is 0 Å². The van der Waals surface area contributed by atoms with Crippen LogP contribution < -0.4 is 5.32 Å². The monoisotopic (exact) mass is 201 g/mol. The lowest BCUT2D eigenvalue weighted by Gasteiger charge is -2.28. The highest BCUT2D eigenvalue weighted by atomic mass is 16.3. The average molecular weight is 201 g/mol. The van der Waals surface area contributed by atoms with Gasteiger partial charge in [-0.2, -0.15) is 0 Å². The molecule has 0 spiro atoms. The third-order valence-electron chi connectivity index (χ3n) is 3.42. The topological polar surface area (TPSA) is 52.5 Å². The molecule has 3 nitrogen and oxygen atoms in total. The van der Waals surface area contributed by atoms with Crippen LogP contribution in [0, 0.1) is 11.3 Å². The lowest BCUT2D eigenvalue weighted by atomic mass is 9.92. The maximum atomic E-state index is 9.13. The van der Waals surface area contributed by atoms with Crippen LogP contribution in [0.3, 0.4) is 0 Å². The van der Waals surface area contributed by atoms with Crippen LogP contribution in [0.25, 0.3) is 0 Å². The summed E-state index contributed by atoms with van der Waals surface area (Å²) in [4.78, 5) is 0. The van der Waals surface area contributed by atoms with Gasteiger partial charge in [-0.1, -0.05) is 20.3 Å². The van der Waals surface area contributed by atoms with Crippen molar-refractivity contribution in [3.8, 4) is 0 Å². The standard InChI is InChI=1S/C11H23NO2/c1-9-4-3-5-10(9)12-6-11(2,7-13)8-14/h9-10,12-14H,3-8H2,1-2H3. The van der Waals surface area contributed by atoms with E-state index in [9.17, 15) is 0 Å². The van der Waals surface area contributed by atoms with Crippen molar-refractivity contribution >= 4 is 0 Å². The minimum Gasteiger partial charge on any atom is -0.396 e. The van der Waals surface area contributed by atoms with Crippen LogP contribution in [0.5, 0.6) is 0 Å². The summed E-state index contributed by atoms with van der Waals surface area (Å²) in [5.74, 6) is 0.733. The molecule has 0 aromatic heterocycles. The predicted molar refractivity (Wildman–Crippen MR) is 57.1 cm³/mol. The second kappa shape index (κ2) is 5.10. The molecular formula is C11H23NO2. The lowest BCUT2D eigenvalue weighted by Crippen LogP contribution is -2.43. The highest BCUT2D eigenvalue weighted by molar-refractivity contribution is 4.84. The van der Waals surface area contributed by atoms with E-state index in [2.05, 4.69) is 12.2 Å². The first kappa shape index (κ1) is 12.0. The van der Waals surface area contributed by atoms with Crippen LogP contribution in [0.2, 0.25) is 0 Å². The summed E-state index contributed by atoms with van der Waals surface area (Å²) in [6.45, 7) is 4.95. The number of nitrogens with one attached hydrogen (secondary N) is 1. The van der Waals surface area contributed by atoms with E-state index in [0.29, 0.717) is 12.6 Å². The smallest absolute Gasteiger partial charge is 0.0518 e. The molecule has 0 saturated heterocycles. The van der Waals surface area contributed by atoms with Crippen LogP contribution >= 0.6 is 0 Å². The molecule has 0 aromatic rings. The predicted octanol–water partition coefficient (Wildman–Crippen LogP) is 0.756. The Kier molecular flexibility index (Phi) is 4.35. The first-order valence-corrected chi connectivity index (χ1v) is 5.56. The number of rotatable bonds is 5. The van der Waals surface area contributed by atoms with Gasteiger partial charge in [0, 0.05) is 18.0 Å². The highest BCUT2D eigenvalue weighted by Gasteiger charge is 2.27. The largest absolute Gasteiger partial charge is 0.396 e. The van der Waals surface area contributed by atoms with Gasteiger partial charge in [-0.3, -0.25) is 0 Å². The first-order valence-electron chi connectivity index (χ1n) is 5.56. The molecule has 2 unspecified atom stereocenters. The van der Waals surface area contributed by atoms with E-state index in [0.717, 1.165) is 5.92 Å². The number of hydrogen-bond donors (Lipinski definition) is 3. The quantitative estimate of drug-likeness (QED) is 0.615. The zero-order valence-electron chi connectivity index (χ0n) is 9.29. The van der Waals surface area contributed by atoms with E-state index in [1.165, 1.54) is 19.3 Å². The summed E-state index contributed by atoms with van der Waals surface area (Å²) >= 11 is 0. The van der Waals surface area contributed by atoms with Gasteiger partial charge >= 0.3 is 0 Å². The van der Waals surface area contributed by atoms with E-state index in [-0.39, 0.29) is 18.6 Å². The van der Waals surface area contributed by atoms with Gasteiger partial charge in [0.1, 0.15) is 0 Å². The van der Waals surface area contributed by atoms with Gasteiger partial charge in [0.2, 0.25) is 0 Å². The molecule has 2 atom stereocenters. The molecule has 0 amide bonds. The van der Waals surface area contributed by atoms with Crippen LogP contribution in [-0.2, 0) is 0 Å². The van der Waals surface area contributed by atoms with Crippen molar-refractivity contribution in [2.45, 2.75) is 39.2 Å². The molecule has 0 bridgehead atoms. The Balaban J connectivity index is 2.31. The van der Waals surface area contributed by atoms with Gasteiger partial charge in [-0.15, -0.1) is 0 Å². The Hall–Kier alpha value is -0.120. The molecule has 0 aliphatic heterocycles. The van der Waals surface area contributed by atoms with E-state index in [4.69, 9.17) is 10.2 Å². The number of hydrogen-bond acceptors (Lipinski definition) is 3. The fourth-order valence-corrected chi connectivity index (χ4v) is 1.99. The van der Waals surface area contributed by atoms with E-state index in [1.807, 2.05) is 6.92 Å². The summed E-state index contributed by atoms with van der Waals surface area (Å²) in [6, 6.07) is 0.576. The second-order valence-electron chi connectivity index (χ2n) is 5.02. The zero-order valence-corrected chi connectivity index (χ0v) is 9.29. The van der Waals surface area contributed by atoms with Gasteiger partial charge in [-0.25, -0.2) is 0 Å². The van der Waals surface area contributed by atoms with Crippen molar-refractivity contribution in [2.24, 2.45) is 11.3 Å². The molecule has 0 aromatic carbocycles. The minimum atomic E-state index is -0.373. The molecule has 1 saturated carbocycles. The normalized spacial score (nSPS) is 28.3. The summed E-state index contributed by atoms with van der Waals surface area (Å²) in [5, 5.41) is 21.7. The molecule has 1 aliphatic carbocycles. The number of aliphatic hydroxyl groups excluding tert-OH is 2. The van der Waals surface area contributed by atoms with Gasteiger partial charge in [0.25, 0.3) is 0 Å². The van der Waals surface area contributed by atoms with E-state index in [1.54, 1.807) is 0 Å². The molecule has 3 heteroatoms. The number of aliphatic hydroxyl groups is 2. The van der Waals surface area contributed by atoms with Crippen LogP contribution in [0.15, 0.2) is 0 Å². The first-order chi connectivity index (χ1) is 6.61. The summed E-state index contributed by atoms with van der Waals surface area (Å²) in [7, 11) is 0. The van der Waals surface area contributed by atoms with Gasteiger partial charge in [0.05, 0.1) is 13.2 Å². The van der Waals surface area contributed by atoms with Gasteiger partial charge < -0.3 is 15.5 Å². The Morgan fingerprint density at radius 2 is 1.93 bits per heavy atom. The molecule has 1 fully saturated rings.